The first-order chi connectivity index (χ1) is 11.6. The molecule has 2 fully saturated rings. The van der Waals surface area contributed by atoms with Crippen molar-refractivity contribution >= 4 is 15.9 Å². The molecule has 1 aliphatic carbocycles. The average molecular weight is 376 g/mol. The van der Waals surface area contributed by atoms with Crippen LogP contribution in [0, 0.1) is 5.41 Å². The van der Waals surface area contributed by atoms with Gasteiger partial charge in [0, 0.05) is 26.1 Å². The van der Waals surface area contributed by atoms with E-state index in [2.05, 4.69) is 0 Å². The van der Waals surface area contributed by atoms with Crippen molar-refractivity contribution in [2.75, 3.05) is 20.1 Å². The van der Waals surface area contributed by atoms with Crippen LogP contribution in [0.5, 0.6) is 0 Å². The molecule has 1 aromatic rings. The van der Waals surface area contributed by atoms with Crippen molar-refractivity contribution in [2.45, 2.75) is 30.2 Å². The van der Waals surface area contributed by atoms with Crippen LogP contribution in [0.4, 0.5) is 13.2 Å². The number of sulfonamides is 1. The minimum atomic E-state index is -4.81. The van der Waals surface area contributed by atoms with E-state index in [-0.39, 0.29) is 12.5 Å². The molecule has 2 aliphatic rings. The summed E-state index contributed by atoms with van der Waals surface area (Å²) < 4.78 is 66.8. The van der Waals surface area contributed by atoms with Crippen LogP contribution < -0.4 is 5.32 Å². The second-order valence-electron chi connectivity index (χ2n) is 6.58. The fraction of sp³-hybridized carbons (Fsp3) is 0.562. The molecule has 1 aromatic carbocycles. The SMILES string of the molecule is CNC(=O)C1(C(F)(F)F)CCN(S(=O)(=O)C2CC2c2ccccc2)C1. The standard InChI is InChI=1S/C16H19F3N2O3S/c1-20-14(22)15(16(17,18)19)7-8-21(10-15)25(23,24)13-9-12(13)11-5-3-2-4-6-11/h2-6,12-13H,7-10H2,1H3,(H,20,22). The maximum Gasteiger partial charge on any atom is 0.404 e. The Morgan fingerprint density at radius 1 is 1.28 bits per heavy atom. The van der Waals surface area contributed by atoms with Gasteiger partial charge >= 0.3 is 6.18 Å². The lowest BCUT2D eigenvalue weighted by atomic mass is 9.85. The van der Waals surface area contributed by atoms with Gasteiger partial charge in [0.15, 0.2) is 5.41 Å². The monoisotopic (exact) mass is 376 g/mol. The number of nitrogens with zero attached hydrogens (tertiary/aromatic N) is 1. The van der Waals surface area contributed by atoms with Crippen molar-refractivity contribution in [1.29, 1.82) is 0 Å². The predicted molar refractivity (Wildman–Crippen MR) is 85.3 cm³/mol. The number of benzene rings is 1. The van der Waals surface area contributed by atoms with Gasteiger partial charge in [0.2, 0.25) is 15.9 Å². The molecule has 0 bridgehead atoms. The highest BCUT2D eigenvalue weighted by molar-refractivity contribution is 7.90. The summed E-state index contributed by atoms with van der Waals surface area (Å²) in [5, 5.41) is 1.31. The van der Waals surface area contributed by atoms with E-state index >= 15 is 0 Å². The molecular formula is C16H19F3N2O3S. The van der Waals surface area contributed by atoms with Crippen molar-refractivity contribution in [3.05, 3.63) is 35.9 Å². The number of amides is 1. The van der Waals surface area contributed by atoms with E-state index in [0.717, 1.165) is 16.9 Å². The van der Waals surface area contributed by atoms with Crippen molar-refractivity contribution in [3.8, 4) is 0 Å². The van der Waals surface area contributed by atoms with Gasteiger partial charge in [-0.25, -0.2) is 12.7 Å². The minimum Gasteiger partial charge on any atom is -0.358 e. The molecule has 1 heterocycles. The Balaban J connectivity index is 1.80. The number of rotatable bonds is 4. The zero-order valence-corrected chi connectivity index (χ0v) is 14.4. The van der Waals surface area contributed by atoms with E-state index in [0.29, 0.717) is 6.42 Å². The summed E-state index contributed by atoms with van der Waals surface area (Å²) in [4.78, 5) is 11.9. The van der Waals surface area contributed by atoms with E-state index in [1.54, 1.807) is 12.1 Å². The maximum absolute atomic E-state index is 13.5. The topological polar surface area (TPSA) is 66.5 Å². The molecule has 5 nitrogen and oxygen atoms in total. The Morgan fingerprint density at radius 3 is 2.48 bits per heavy atom. The van der Waals surface area contributed by atoms with Crippen LogP contribution in [-0.2, 0) is 14.8 Å². The van der Waals surface area contributed by atoms with Crippen molar-refractivity contribution in [2.24, 2.45) is 5.41 Å². The van der Waals surface area contributed by atoms with E-state index in [9.17, 15) is 26.4 Å². The van der Waals surface area contributed by atoms with Crippen molar-refractivity contribution in [1.82, 2.24) is 9.62 Å². The quantitative estimate of drug-likeness (QED) is 0.873. The van der Waals surface area contributed by atoms with Crippen LogP contribution >= 0.6 is 0 Å². The largest absolute Gasteiger partial charge is 0.404 e. The third-order valence-corrected chi connectivity index (χ3v) is 7.46. The first-order valence-corrected chi connectivity index (χ1v) is 9.46. The molecule has 1 saturated heterocycles. The van der Waals surface area contributed by atoms with Crippen LogP contribution in [0.1, 0.15) is 24.3 Å². The predicted octanol–water partition coefficient (Wildman–Crippen LogP) is 1.87. The van der Waals surface area contributed by atoms with E-state index in [1.807, 2.05) is 23.5 Å². The van der Waals surface area contributed by atoms with Gasteiger partial charge in [-0.05, 0) is 18.4 Å². The highest BCUT2D eigenvalue weighted by Gasteiger charge is 2.65. The molecule has 138 valence electrons. The fourth-order valence-electron chi connectivity index (χ4n) is 3.52. The lowest BCUT2D eigenvalue weighted by Gasteiger charge is -2.29. The third kappa shape index (κ3) is 2.93. The van der Waals surface area contributed by atoms with Gasteiger partial charge in [-0.2, -0.15) is 13.2 Å². The van der Waals surface area contributed by atoms with Gasteiger partial charge in [-0.1, -0.05) is 30.3 Å². The summed E-state index contributed by atoms with van der Waals surface area (Å²) in [6, 6.07) is 9.04. The van der Waals surface area contributed by atoms with Crippen LogP contribution in [-0.4, -0.2) is 50.2 Å². The van der Waals surface area contributed by atoms with E-state index in [4.69, 9.17) is 0 Å². The molecule has 3 atom stereocenters. The Kier molecular flexibility index (Phi) is 4.35. The Hall–Kier alpha value is -1.61. The minimum absolute atomic E-state index is 0.202. The number of hydrogen-bond acceptors (Lipinski definition) is 3. The number of nitrogens with one attached hydrogen (secondary N) is 1. The molecular weight excluding hydrogens is 357 g/mol. The molecule has 9 heteroatoms. The summed E-state index contributed by atoms with van der Waals surface area (Å²) in [5.74, 6) is -1.39. The highest BCUT2D eigenvalue weighted by atomic mass is 32.2. The van der Waals surface area contributed by atoms with Crippen molar-refractivity contribution in [3.63, 3.8) is 0 Å². The lowest BCUT2D eigenvalue weighted by Crippen LogP contribution is -2.52. The van der Waals surface area contributed by atoms with Crippen LogP contribution in [0.3, 0.4) is 0 Å². The van der Waals surface area contributed by atoms with Gasteiger partial charge in [-0.15, -0.1) is 0 Å². The molecule has 1 amide bonds. The smallest absolute Gasteiger partial charge is 0.358 e. The molecule has 1 N–H and O–H groups in total. The zero-order chi connectivity index (χ0) is 18.5. The lowest BCUT2D eigenvalue weighted by molar-refractivity contribution is -0.216. The number of carbonyl (C=O) groups is 1. The summed E-state index contributed by atoms with van der Waals surface area (Å²) >= 11 is 0. The normalized spacial score (nSPS) is 30.2. The molecule has 0 spiro atoms. The van der Waals surface area contributed by atoms with Crippen LogP contribution in [0.25, 0.3) is 0 Å². The van der Waals surface area contributed by atoms with Gasteiger partial charge in [0.25, 0.3) is 0 Å². The van der Waals surface area contributed by atoms with Crippen molar-refractivity contribution < 1.29 is 26.4 Å². The fourth-order valence-corrected chi connectivity index (χ4v) is 5.67. The van der Waals surface area contributed by atoms with Crippen LogP contribution in [0.2, 0.25) is 0 Å². The van der Waals surface area contributed by atoms with Crippen LogP contribution in [0.15, 0.2) is 30.3 Å². The van der Waals surface area contributed by atoms with Gasteiger partial charge in [0.05, 0.1) is 5.25 Å². The molecule has 0 radical (unpaired) electrons. The van der Waals surface area contributed by atoms with E-state index in [1.165, 1.54) is 0 Å². The number of alkyl halides is 3. The summed E-state index contributed by atoms with van der Waals surface area (Å²) in [6.45, 7) is -1.15. The average Bonchev–Trinajstić information content (AvgIpc) is 3.24. The molecule has 3 unspecified atom stereocenters. The second-order valence-corrected chi connectivity index (χ2v) is 8.73. The first kappa shape index (κ1) is 18.2. The Bertz CT molecular complexity index is 767. The summed E-state index contributed by atoms with van der Waals surface area (Å²) in [7, 11) is -2.76. The van der Waals surface area contributed by atoms with E-state index < -0.39 is 45.7 Å². The zero-order valence-electron chi connectivity index (χ0n) is 13.6. The number of hydrogen-bond donors (Lipinski definition) is 1. The summed E-state index contributed by atoms with van der Waals surface area (Å²) in [5.41, 5.74) is -1.81. The maximum atomic E-state index is 13.5. The molecule has 3 rings (SSSR count). The molecule has 0 aromatic heterocycles. The summed E-state index contributed by atoms with van der Waals surface area (Å²) in [6.07, 6.45) is -4.97. The van der Waals surface area contributed by atoms with Gasteiger partial charge < -0.3 is 5.32 Å². The van der Waals surface area contributed by atoms with Gasteiger partial charge in [-0.3, -0.25) is 4.79 Å². The first-order valence-electron chi connectivity index (χ1n) is 7.96. The molecule has 1 saturated carbocycles. The molecule has 25 heavy (non-hydrogen) atoms. The Morgan fingerprint density at radius 2 is 1.92 bits per heavy atom. The third-order valence-electron chi connectivity index (χ3n) is 5.14. The Labute approximate surface area is 144 Å². The second kappa shape index (κ2) is 5.98. The number of carbonyl (C=O) groups excluding carboxylic acids is 1. The number of halogens is 3. The molecule has 1 aliphatic heterocycles. The van der Waals surface area contributed by atoms with Gasteiger partial charge in [0.1, 0.15) is 0 Å². The highest BCUT2D eigenvalue weighted by Crippen LogP contribution is 2.51.